The Morgan fingerprint density at radius 3 is 2.50 bits per heavy atom. The van der Waals surface area contributed by atoms with Crippen molar-refractivity contribution in [3.8, 4) is 5.88 Å². The van der Waals surface area contributed by atoms with Crippen molar-refractivity contribution >= 4 is 11.5 Å². The van der Waals surface area contributed by atoms with Crippen LogP contribution >= 0.6 is 0 Å². The van der Waals surface area contributed by atoms with E-state index in [1.807, 2.05) is 0 Å². The molecule has 2 rings (SSSR count). The average molecular weight is 367 g/mol. The fourth-order valence-corrected chi connectivity index (χ4v) is 2.16. The largest absolute Gasteiger partial charge is 0.503 e. The van der Waals surface area contributed by atoms with Gasteiger partial charge in [0, 0.05) is 6.07 Å². The molecule has 0 radical (unpaired) electrons. The molecule has 5 nitrogen and oxygen atoms in total. The first-order valence-corrected chi connectivity index (χ1v) is 7.43. The lowest BCUT2D eigenvalue weighted by atomic mass is 10.0. The molecule has 0 aliphatic carbocycles. The van der Waals surface area contributed by atoms with Gasteiger partial charge in [-0.3, -0.25) is 0 Å². The lowest BCUT2D eigenvalue weighted by Gasteiger charge is -2.13. The number of halogens is 3. The molecule has 8 heteroatoms. The third-order valence-electron chi connectivity index (χ3n) is 3.34. The number of aromatic nitrogens is 1. The number of hydrogen-bond donors (Lipinski definition) is 0. The summed E-state index contributed by atoms with van der Waals surface area (Å²) in [6.45, 7) is -0.0947. The second kappa shape index (κ2) is 8.37. The van der Waals surface area contributed by atoms with Crippen LogP contribution in [-0.2, 0) is 27.1 Å². The molecule has 0 amide bonds. The molecule has 1 aromatic carbocycles. The van der Waals surface area contributed by atoms with E-state index < -0.39 is 17.8 Å². The van der Waals surface area contributed by atoms with Crippen molar-refractivity contribution in [1.29, 1.82) is 0 Å². The van der Waals surface area contributed by atoms with Crippen LogP contribution < -0.4 is 4.74 Å². The van der Waals surface area contributed by atoms with Crippen LogP contribution in [-0.4, -0.2) is 25.2 Å². The van der Waals surface area contributed by atoms with E-state index in [0.29, 0.717) is 11.1 Å². The number of carbonyl (C=O) groups excluding carboxylic acids is 1. The zero-order valence-electron chi connectivity index (χ0n) is 14.0. The quantitative estimate of drug-likeness (QED) is 0.441. The van der Waals surface area contributed by atoms with Gasteiger partial charge in [-0.05, 0) is 17.2 Å². The third-order valence-corrected chi connectivity index (χ3v) is 3.34. The van der Waals surface area contributed by atoms with Crippen molar-refractivity contribution in [1.82, 2.24) is 4.98 Å². The summed E-state index contributed by atoms with van der Waals surface area (Å²) in [6.07, 6.45) is -3.33. The van der Waals surface area contributed by atoms with Crippen molar-refractivity contribution in [3.05, 3.63) is 65.5 Å². The van der Waals surface area contributed by atoms with Crippen LogP contribution in [0.5, 0.6) is 5.88 Å². The van der Waals surface area contributed by atoms with E-state index in [0.717, 1.165) is 6.07 Å². The predicted molar refractivity (Wildman–Crippen MR) is 87.0 cm³/mol. The molecular weight excluding hydrogens is 351 g/mol. The molecule has 26 heavy (non-hydrogen) atoms. The van der Waals surface area contributed by atoms with Crippen LogP contribution in [0.25, 0.3) is 5.57 Å². The van der Waals surface area contributed by atoms with Gasteiger partial charge in [-0.1, -0.05) is 30.3 Å². The van der Waals surface area contributed by atoms with Gasteiger partial charge in [0.1, 0.15) is 17.9 Å². The van der Waals surface area contributed by atoms with Gasteiger partial charge in [-0.15, -0.1) is 0 Å². The Balaban J connectivity index is 2.26. The minimum atomic E-state index is -4.56. The molecule has 0 fully saturated rings. The molecule has 0 bridgehead atoms. The summed E-state index contributed by atoms with van der Waals surface area (Å²) in [4.78, 5) is 15.4. The molecule has 0 spiro atoms. The van der Waals surface area contributed by atoms with Crippen molar-refractivity contribution in [2.24, 2.45) is 0 Å². The van der Waals surface area contributed by atoms with Crippen LogP contribution in [0, 0.1) is 0 Å². The molecule has 0 saturated heterocycles. The molecule has 0 aliphatic rings. The molecule has 0 aliphatic heterocycles. The zero-order chi connectivity index (χ0) is 19.2. The standard InChI is InChI=1S/C18H16F3NO4/c1-24-11-14(17(23)25-2)13-7-4-3-6-12(13)10-26-16-9-5-8-15(22-16)18(19,20)21/h3-9,11H,10H2,1-2H3/b14-11-. The first-order valence-electron chi connectivity index (χ1n) is 7.43. The molecule has 2 aromatic rings. The van der Waals surface area contributed by atoms with Gasteiger partial charge in [0.25, 0.3) is 0 Å². The van der Waals surface area contributed by atoms with E-state index in [1.54, 1.807) is 24.3 Å². The number of benzene rings is 1. The van der Waals surface area contributed by atoms with Gasteiger partial charge < -0.3 is 14.2 Å². The molecule has 1 aromatic heterocycles. The number of alkyl halides is 3. The Morgan fingerprint density at radius 1 is 1.12 bits per heavy atom. The highest BCUT2D eigenvalue weighted by molar-refractivity contribution is 6.16. The maximum Gasteiger partial charge on any atom is 0.433 e. The number of methoxy groups -OCH3 is 2. The average Bonchev–Trinajstić information content (AvgIpc) is 2.64. The van der Waals surface area contributed by atoms with Crippen LogP contribution in [0.1, 0.15) is 16.8 Å². The highest BCUT2D eigenvalue weighted by atomic mass is 19.4. The van der Waals surface area contributed by atoms with Crippen LogP contribution in [0.2, 0.25) is 0 Å². The van der Waals surface area contributed by atoms with E-state index in [-0.39, 0.29) is 18.1 Å². The minimum absolute atomic E-state index is 0.0947. The number of hydrogen-bond acceptors (Lipinski definition) is 5. The van der Waals surface area contributed by atoms with Crippen molar-refractivity contribution in [3.63, 3.8) is 0 Å². The number of esters is 1. The fraction of sp³-hybridized carbons (Fsp3) is 0.222. The Bertz CT molecular complexity index is 803. The summed E-state index contributed by atoms with van der Waals surface area (Å²) in [5.41, 5.74) is 0.151. The highest BCUT2D eigenvalue weighted by Crippen LogP contribution is 2.29. The smallest absolute Gasteiger partial charge is 0.433 e. The van der Waals surface area contributed by atoms with Gasteiger partial charge in [-0.2, -0.15) is 13.2 Å². The fourth-order valence-electron chi connectivity index (χ4n) is 2.16. The summed E-state index contributed by atoms with van der Waals surface area (Å²) in [5.74, 6) is -0.790. The SMILES string of the molecule is CO/C=C(\C(=O)OC)c1ccccc1COc1cccc(C(F)(F)F)n1. The number of ether oxygens (including phenoxy) is 3. The molecule has 0 N–H and O–H groups in total. The summed E-state index contributed by atoms with van der Waals surface area (Å²) < 4.78 is 53.2. The van der Waals surface area contributed by atoms with E-state index in [4.69, 9.17) is 14.2 Å². The van der Waals surface area contributed by atoms with Gasteiger partial charge >= 0.3 is 12.1 Å². The molecule has 0 unspecified atom stereocenters. The second-order valence-corrected chi connectivity index (χ2v) is 5.06. The second-order valence-electron chi connectivity index (χ2n) is 5.06. The number of nitrogens with zero attached hydrogens (tertiary/aromatic N) is 1. The van der Waals surface area contributed by atoms with Crippen LogP contribution in [0.4, 0.5) is 13.2 Å². The van der Waals surface area contributed by atoms with E-state index in [2.05, 4.69) is 4.98 Å². The Morgan fingerprint density at radius 2 is 1.85 bits per heavy atom. The molecule has 138 valence electrons. The Kier molecular flexibility index (Phi) is 6.21. The lowest BCUT2D eigenvalue weighted by molar-refractivity contribution is -0.141. The van der Waals surface area contributed by atoms with Crippen LogP contribution in [0.3, 0.4) is 0 Å². The summed E-state index contributed by atoms with van der Waals surface area (Å²) in [7, 11) is 2.62. The number of carbonyl (C=O) groups is 1. The Hall–Kier alpha value is -3.03. The third kappa shape index (κ3) is 4.75. The van der Waals surface area contributed by atoms with Crippen molar-refractivity contribution in [2.45, 2.75) is 12.8 Å². The highest BCUT2D eigenvalue weighted by Gasteiger charge is 2.32. The van der Waals surface area contributed by atoms with Crippen molar-refractivity contribution in [2.75, 3.05) is 14.2 Å². The molecular formula is C18H16F3NO4. The zero-order valence-corrected chi connectivity index (χ0v) is 14.0. The topological polar surface area (TPSA) is 57.7 Å². The first kappa shape index (κ1) is 19.3. The van der Waals surface area contributed by atoms with E-state index >= 15 is 0 Å². The molecule has 0 saturated carbocycles. The monoisotopic (exact) mass is 367 g/mol. The maximum atomic E-state index is 12.7. The predicted octanol–water partition coefficient (Wildman–Crippen LogP) is 3.84. The van der Waals surface area contributed by atoms with Gasteiger partial charge in [0.15, 0.2) is 0 Å². The van der Waals surface area contributed by atoms with Gasteiger partial charge in [-0.25, -0.2) is 9.78 Å². The molecule has 1 heterocycles. The maximum absolute atomic E-state index is 12.7. The lowest BCUT2D eigenvalue weighted by Crippen LogP contribution is -2.10. The minimum Gasteiger partial charge on any atom is -0.503 e. The number of rotatable bonds is 6. The first-order chi connectivity index (χ1) is 12.4. The van der Waals surface area contributed by atoms with E-state index in [1.165, 1.54) is 32.6 Å². The summed E-state index contributed by atoms with van der Waals surface area (Å²) in [6, 6.07) is 10.1. The normalized spacial score (nSPS) is 11.8. The van der Waals surface area contributed by atoms with E-state index in [9.17, 15) is 18.0 Å². The summed E-state index contributed by atoms with van der Waals surface area (Å²) in [5, 5.41) is 0. The van der Waals surface area contributed by atoms with Gasteiger partial charge in [0.2, 0.25) is 5.88 Å². The molecule has 0 atom stereocenters. The van der Waals surface area contributed by atoms with Gasteiger partial charge in [0.05, 0.1) is 20.5 Å². The Labute approximate surface area is 148 Å². The van der Waals surface area contributed by atoms with Crippen LogP contribution in [0.15, 0.2) is 48.7 Å². The summed E-state index contributed by atoms with van der Waals surface area (Å²) >= 11 is 0. The number of pyridine rings is 1. The van der Waals surface area contributed by atoms with Crippen molar-refractivity contribution < 1.29 is 32.2 Å².